The van der Waals surface area contributed by atoms with E-state index < -0.39 is 0 Å². The molecule has 1 atom stereocenters. The van der Waals surface area contributed by atoms with Crippen LogP contribution in [0.25, 0.3) is 0 Å². The summed E-state index contributed by atoms with van der Waals surface area (Å²) in [5.41, 5.74) is 2.43. The maximum absolute atomic E-state index is 5.30. The highest BCUT2D eigenvalue weighted by atomic mass is 16.5. The van der Waals surface area contributed by atoms with Crippen molar-refractivity contribution in [1.82, 2.24) is 0 Å². The lowest BCUT2D eigenvalue weighted by molar-refractivity contribution is 0.354. The molecule has 0 amide bonds. The van der Waals surface area contributed by atoms with Gasteiger partial charge in [0.25, 0.3) is 0 Å². The van der Waals surface area contributed by atoms with Crippen molar-refractivity contribution >= 4 is 6.21 Å². The van der Waals surface area contributed by atoms with Gasteiger partial charge in [0.2, 0.25) is 0 Å². The topological polar surface area (TPSA) is 30.8 Å². The Labute approximate surface area is 96.1 Å². The van der Waals surface area contributed by atoms with E-state index >= 15 is 0 Å². The second-order valence-electron chi connectivity index (χ2n) is 3.95. The van der Waals surface area contributed by atoms with Gasteiger partial charge in [-0.2, -0.15) is 0 Å². The SMILES string of the molecule is CC[C@H]1Cc2cc(OC)c(OC)cc2C=N1. The number of ether oxygens (including phenoxy) is 2. The van der Waals surface area contributed by atoms with Crippen LogP contribution in [0, 0.1) is 0 Å². The van der Waals surface area contributed by atoms with Crippen LogP contribution >= 0.6 is 0 Å². The van der Waals surface area contributed by atoms with Gasteiger partial charge in [0.15, 0.2) is 11.5 Å². The van der Waals surface area contributed by atoms with Gasteiger partial charge in [-0.05, 0) is 36.1 Å². The molecule has 86 valence electrons. The van der Waals surface area contributed by atoms with Crippen LogP contribution in [0.3, 0.4) is 0 Å². The third-order valence-electron chi connectivity index (χ3n) is 3.00. The lowest BCUT2D eigenvalue weighted by Gasteiger charge is -2.19. The van der Waals surface area contributed by atoms with Crippen LogP contribution in [-0.2, 0) is 6.42 Å². The van der Waals surface area contributed by atoms with Crippen molar-refractivity contribution in [3.05, 3.63) is 23.3 Å². The monoisotopic (exact) mass is 219 g/mol. The summed E-state index contributed by atoms with van der Waals surface area (Å²) in [5.74, 6) is 1.56. The number of hydrogen-bond acceptors (Lipinski definition) is 3. The van der Waals surface area contributed by atoms with E-state index in [1.165, 1.54) is 5.56 Å². The zero-order chi connectivity index (χ0) is 11.5. The van der Waals surface area contributed by atoms with Crippen molar-refractivity contribution in [2.75, 3.05) is 14.2 Å². The molecule has 0 bridgehead atoms. The Bertz CT molecular complexity index is 413. The van der Waals surface area contributed by atoms with Crippen molar-refractivity contribution in [3.8, 4) is 11.5 Å². The second kappa shape index (κ2) is 4.56. The third-order valence-corrected chi connectivity index (χ3v) is 3.00. The molecule has 0 aromatic heterocycles. The van der Waals surface area contributed by atoms with E-state index in [4.69, 9.17) is 9.47 Å². The van der Waals surface area contributed by atoms with Crippen LogP contribution < -0.4 is 9.47 Å². The Morgan fingerprint density at radius 1 is 1.25 bits per heavy atom. The predicted molar refractivity (Wildman–Crippen MR) is 64.9 cm³/mol. The first kappa shape index (κ1) is 11.0. The quantitative estimate of drug-likeness (QED) is 0.781. The number of methoxy groups -OCH3 is 2. The summed E-state index contributed by atoms with van der Waals surface area (Å²) in [4.78, 5) is 4.50. The minimum atomic E-state index is 0.408. The molecule has 1 aromatic carbocycles. The van der Waals surface area contributed by atoms with Crippen LogP contribution in [0.4, 0.5) is 0 Å². The zero-order valence-corrected chi connectivity index (χ0v) is 9.99. The average Bonchev–Trinajstić information content (AvgIpc) is 2.36. The Balaban J connectivity index is 2.40. The lowest BCUT2D eigenvalue weighted by atomic mass is 9.96. The summed E-state index contributed by atoms with van der Waals surface area (Å²) >= 11 is 0. The molecular weight excluding hydrogens is 202 g/mol. The molecule has 3 nitrogen and oxygen atoms in total. The fourth-order valence-corrected chi connectivity index (χ4v) is 1.98. The van der Waals surface area contributed by atoms with E-state index in [0.29, 0.717) is 6.04 Å². The Hall–Kier alpha value is -1.51. The summed E-state index contributed by atoms with van der Waals surface area (Å²) < 4.78 is 10.6. The van der Waals surface area contributed by atoms with Gasteiger partial charge in [0.1, 0.15) is 0 Å². The molecule has 0 unspecified atom stereocenters. The van der Waals surface area contributed by atoms with Crippen molar-refractivity contribution in [1.29, 1.82) is 0 Å². The molecule has 16 heavy (non-hydrogen) atoms. The van der Waals surface area contributed by atoms with Crippen LogP contribution in [0.1, 0.15) is 24.5 Å². The van der Waals surface area contributed by atoms with Crippen molar-refractivity contribution < 1.29 is 9.47 Å². The van der Waals surface area contributed by atoms with E-state index in [2.05, 4.69) is 18.0 Å². The number of rotatable bonds is 3. The van der Waals surface area contributed by atoms with E-state index in [0.717, 1.165) is 29.9 Å². The van der Waals surface area contributed by atoms with E-state index in [1.54, 1.807) is 14.2 Å². The smallest absolute Gasteiger partial charge is 0.161 e. The summed E-state index contributed by atoms with van der Waals surface area (Å²) in [6.07, 6.45) is 4.00. The molecule has 0 N–H and O–H groups in total. The molecule has 1 aliphatic rings. The molecule has 1 heterocycles. The summed E-state index contributed by atoms with van der Waals surface area (Å²) in [6.45, 7) is 2.16. The summed E-state index contributed by atoms with van der Waals surface area (Å²) in [7, 11) is 3.32. The van der Waals surface area contributed by atoms with E-state index in [9.17, 15) is 0 Å². The predicted octanol–water partition coefficient (Wildman–Crippen LogP) is 2.46. The number of fused-ring (bicyclic) bond motifs is 1. The van der Waals surface area contributed by atoms with Gasteiger partial charge in [-0.15, -0.1) is 0 Å². The van der Waals surface area contributed by atoms with Gasteiger partial charge in [-0.3, -0.25) is 4.99 Å². The molecule has 3 heteroatoms. The van der Waals surface area contributed by atoms with Gasteiger partial charge in [0, 0.05) is 6.21 Å². The Morgan fingerprint density at radius 3 is 2.56 bits per heavy atom. The minimum Gasteiger partial charge on any atom is -0.493 e. The van der Waals surface area contributed by atoms with Gasteiger partial charge < -0.3 is 9.47 Å². The van der Waals surface area contributed by atoms with Crippen molar-refractivity contribution in [2.24, 2.45) is 4.99 Å². The Kier molecular flexibility index (Phi) is 3.13. The molecule has 1 aliphatic heterocycles. The van der Waals surface area contributed by atoms with Gasteiger partial charge in [0.05, 0.1) is 20.3 Å². The Morgan fingerprint density at radius 2 is 1.94 bits per heavy atom. The molecule has 2 rings (SSSR count). The minimum absolute atomic E-state index is 0.408. The highest BCUT2D eigenvalue weighted by molar-refractivity contribution is 5.84. The number of benzene rings is 1. The fourth-order valence-electron chi connectivity index (χ4n) is 1.98. The zero-order valence-electron chi connectivity index (χ0n) is 9.99. The van der Waals surface area contributed by atoms with Crippen molar-refractivity contribution in [3.63, 3.8) is 0 Å². The standard InChI is InChI=1S/C13H17NO2/c1-4-11-5-9-6-12(15-2)13(16-3)7-10(9)8-14-11/h6-8,11H,4-5H2,1-3H3/t11-/m0/s1. The maximum Gasteiger partial charge on any atom is 0.161 e. The molecule has 0 radical (unpaired) electrons. The van der Waals surface area contributed by atoms with E-state index in [-0.39, 0.29) is 0 Å². The third kappa shape index (κ3) is 1.90. The normalized spacial score (nSPS) is 18.1. The highest BCUT2D eigenvalue weighted by Crippen LogP contribution is 2.32. The lowest BCUT2D eigenvalue weighted by Crippen LogP contribution is -2.14. The van der Waals surface area contributed by atoms with Gasteiger partial charge >= 0.3 is 0 Å². The second-order valence-corrected chi connectivity index (χ2v) is 3.95. The highest BCUT2D eigenvalue weighted by Gasteiger charge is 2.16. The first-order chi connectivity index (χ1) is 7.78. The van der Waals surface area contributed by atoms with Crippen LogP contribution in [-0.4, -0.2) is 26.5 Å². The van der Waals surface area contributed by atoms with Crippen molar-refractivity contribution in [2.45, 2.75) is 25.8 Å². The number of aliphatic imine (C=N–C) groups is 1. The molecular formula is C13H17NO2. The molecule has 0 fully saturated rings. The molecule has 1 aromatic rings. The van der Waals surface area contributed by atoms with Crippen LogP contribution in [0.15, 0.2) is 17.1 Å². The van der Waals surface area contributed by atoms with Crippen LogP contribution in [0.5, 0.6) is 11.5 Å². The molecule has 0 aliphatic carbocycles. The van der Waals surface area contributed by atoms with E-state index in [1.807, 2.05) is 12.3 Å². The summed E-state index contributed by atoms with van der Waals surface area (Å²) in [5, 5.41) is 0. The number of nitrogens with zero attached hydrogens (tertiary/aromatic N) is 1. The molecule has 0 saturated carbocycles. The average molecular weight is 219 g/mol. The first-order valence-corrected chi connectivity index (χ1v) is 5.56. The van der Waals surface area contributed by atoms with Crippen LogP contribution in [0.2, 0.25) is 0 Å². The first-order valence-electron chi connectivity index (χ1n) is 5.56. The van der Waals surface area contributed by atoms with Gasteiger partial charge in [-0.1, -0.05) is 6.92 Å². The largest absolute Gasteiger partial charge is 0.493 e. The van der Waals surface area contributed by atoms with Gasteiger partial charge in [-0.25, -0.2) is 0 Å². The molecule has 0 saturated heterocycles. The number of hydrogen-bond donors (Lipinski definition) is 0. The summed E-state index contributed by atoms with van der Waals surface area (Å²) in [6, 6.07) is 4.46. The fraction of sp³-hybridized carbons (Fsp3) is 0.462. The molecule has 0 spiro atoms. The maximum atomic E-state index is 5.30.